The SMILES string of the molecule is CCCn1c(=O)cc(N2CCc3ccc(F)cc3[C@@H]2C)[nH]c1=O. The second kappa shape index (κ2) is 6.02. The van der Waals surface area contributed by atoms with Crippen molar-refractivity contribution in [1.29, 1.82) is 0 Å². The molecule has 122 valence electrons. The van der Waals surface area contributed by atoms with E-state index in [2.05, 4.69) is 4.98 Å². The second-order valence-electron chi connectivity index (χ2n) is 5.91. The fraction of sp³-hybridized carbons (Fsp3) is 0.412. The van der Waals surface area contributed by atoms with Gasteiger partial charge >= 0.3 is 5.69 Å². The van der Waals surface area contributed by atoms with Gasteiger partial charge in [-0.25, -0.2) is 9.18 Å². The molecule has 1 aliphatic rings. The number of rotatable bonds is 3. The van der Waals surface area contributed by atoms with Crippen LogP contribution in [0.2, 0.25) is 0 Å². The second-order valence-corrected chi connectivity index (χ2v) is 5.91. The third-order valence-electron chi connectivity index (χ3n) is 4.41. The van der Waals surface area contributed by atoms with Crippen molar-refractivity contribution in [1.82, 2.24) is 9.55 Å². The molecule has 1 aromatic carbocycles. The maximum Gasteiger partial charge on any atom is 0.329 e. The van der Waals surface area contributed by atoms with Gasteiger partial charge in [0.25, 0.3) is 5.56 Å². The molecule has 5 nitrogen and oxygen atoms in total. The van der Waals surface area contributed by atoms with Crippen molar-refractivity contribution >= 4 is 5.82 Å². The molecule has 0 saturated carbocycles. The van der Waals surface area contributed by atoms with E-state index in [1.807, 2.05) is 18.7 Å². The Balaban J connectivity index is 2.00. The van der Waals surface area contributed by atoms with Crippen LogP contribution in [0, 0.1) is 5.82 Å². The van der Waals surface area contributed by atoms with Gasteiger partial charge in [0.15, 0.2) is 0 Å². The number of anilines is 1. The molecule has 0 bridgehead atoms. The van der Waals surface area contributed by atoms with Gasteiger partial charge in [-0.3, -0.25) is 14.3 Å². The van der Waals surface area contributed by atoms with E-state index in [4.69, 9.17) is 0 Å². The smallest absolute Gasteiger partial charge is 0.329 e. The van der Waals surface area contributed by atoms with Crippen LogP contribution >= 0.6 is 0 Å². The molecule has 2 heterocycles. The van der Waals surface area contributed by atoms with Crippen molar-refractivity contribution in [3.63, 3.8) is 0 Å². The number of nitrogens with one attached hydrogen (secondary N) is 1. The van der Waals surface area contributed by atoms with E-state index in [-0.39, 0.29) is 17.4 Å². The Hall–Kier alpha value is -2.37. The molecule has 1 aromatic heterocycles. The first-order chi connectivity index (χ1) is 11.0. The van der Waals surface area contributed by atoms with Gasteiger partial charge in [0, 0.05) is 19.2 Å². The molecular formula is C17H20FN3O2. The fourth-order valence-corrected chi connectivity index (χ4v) is 3.21. The third kappa shape index (κ3) is 2.81. The lowest BCUT2D eigenvalue weighted by Gasteiger charge is -2.36. The van der Waals surface area contributed by atoms with Gasteiger partial charge in [0.05, 0.1) is 6.04 Å². The summed E-state index contributed by atoms with van der Waals surface area (Å²) in [6, 6.07) is 6.15. The van der Waals surface area contributed by atoms with Crippen LogP contribution in [-0.4, -0.2) is 16.1 Å². The first-order valence-electron chi connectivity index (χ1n) is 7.90. The maximum absolute atomic E-state index is 13.5. The van der Waals surface area contributed by atoms with Crippen LogP contribution in [0.3, 0.4) is 0 Å². The lowest BCUT2D eigenvalue weighted by molar-refractivity contribution is 0.577. The summed E-state index contributed by atoms with van der Waals surface area (Å²) in [6.07, 6.45) is 1.47. The Morgan fingerprint density at radius 1 is 1.30 bits per heavy atom. The highest BCUT2D eigenvalue weighted by Crippen LogP contribution is 2.32. The molecule has 0 amide bonds. The largest absolute Gasteiger partial charge is 0.351 e. The monoisotopic (exact) mass is 317 g/mol. The highest BCUT2D eigenvalue weighted by molar-refractivity contribution is 5.46. The predicted molar refractivity (Wildman–Crippen MR) is 87.5 cm³/mol. The standard InChI is InChI=1S/C17H20FN3O2/c1-3-7-21-16(22)10-15(19-17(21)23)20-8-6-12-4-5-13(18)9-14(12)11(20)2/h4-5,9-11H,3,6-8H2,1-2H3,(H,19,23)/t11-/m0/s1. The number of benzene rings is 1. The average molecular weight is 317 g/mol. The summed E-state index contributed by atoms with van der Waals surface area (Å²) in [5, 5.41) is 0. The molecule has 0 radical (unpaired) electrons. The number of fused-ring (bicyclic) bond motifs is 1. The van der Waals surface area contributed by atoms with Crippen molar-refractivity contribution in [2.24, 2.45) is 0 Å². The third-order valence-corrected chi connectivity index (χ3v) is 4.41. The van der Waals surface area contributed by atoms with Crippen LogP contribution in [0.15, 0.2) is 33.9 Å². The molecule has 3 rings (SSSR count). The minimum atomic E-state index is -0.397. The minimum absolute atomic E-state index is 0.105. The Morgan fingerprint density at radius 3 is 2.78 bits per heavy atom. The van der Waals surface area contributed by atoms with Gasteiger partial charge < -0.3 is 4.90 Å². The zero-order valence-corrected chi connectivity index (χ0v) is 13.3. The highest BCUT2D eigenvalue weighted by Gasteiger charge is 2.25. The van der Waals surface area contributed by atoms with Gasteiger partial charge in [-0.05, 0) is 43.0 Å². The summed E-state index contributed by atoms with van der Waals surface area (Å²) < 4.78 is 14.7. The Labute approximate surface area is 133 Å². The number of nitrogens with zero attached hydrogens (tertiary/aromatic N) is 2. The van der Waals surface area contributed by atoms with Crippen LogP contribution in [-0.2, 0) is 13.0 Å². The van der Waals surface area contributed by atoms with Crippen molar-refractivity contribution in [2.45, 2.75) is 39.3 Å². The van der Waals surface area contributed by atoms with Crippen LogP contribution < -0.4 is 16.1 Å². The molecular weight excluding hydrogens is 297 g/mol. The quantitative estimate of drug-likeness (QED) is 0.944. The summed E-state index contributed by atoms with van der Waals surface area (Å²) in [5.41, 5.74) is 1.31. The van der Waals surface area contributed by atoms with E-state index in [0.717, 1.165) is 24.0 Å². The zero-order valence-electron chi connectivity index (χ0n) is 13.3. The lowest BCUT2D eigenvalue weighted by Crippen LogP contribution is -2.40. The van der Waals surface area contributed by atoms with Crippen molar-refractivity contribution in [3.05, 3.63) is 62.0 Å². The van der Waals surface area contributed by atoms with Gasteiger partial charge in [-0.2, -0.15) is 0 Å². The summed E-state index contributed by atoms with van der Waals surface area (Å²) in [6.45, 7) is 4.94. The molecule has 1 N–H and O–H groups in total. The van der Waals surface area contributed by atoms with Crippen LogP contribution in [0.1, 0.15) is 37.4 Å². The minimum Gasteiger partial charge on any atom is -0.351 e. The predicted octanol–water partition coefficient (Wildman–Crippen LogP) is 2.21. The molecule has 0 aliphatic carbocycles. The van der Waals surface area contributed by atoms with Crippen molar-refractivity contribution in [2.75, 3.05) is 11.4 Å². The molecule has 23 heavy (non-hydrogen) atoms. The summed E-state index contributed by atoms with van der Waals surface area (Å²) >= 11 is 0. The van der Waals surface area contributed by atoms with E-state index >= 15 is 0 Å². The van der Waals surface area contributed by atoms with E-state index in [1.54, 1.807) is 6.07 Å². The average Bonchev–Trinajstić information content (AvgIpc) is 2.51. The number of H-pyrrole nitrogens is 1. The topological polar surface area (TPSA) is 58.1 Å². The molecule has 0 unspecified atom stereocenters. The lowest BCUT2D eigenvalue weighted by atomic mass is 9.93. The molecule has 1 aliphatic heterocycles. The Bertz CT molecular complexity index is 809. The van der Waals surface area contributed by atoms with Crippen molar-refractivity contribution < 1.29 is 4.39 Å². The molecule has 0 saturated heterocycles. The Kier molecular flexibility index (Phi) is 4.07. The normalized spacial score (nSPS) is 17.2. The number of aromatic nitrogens is 2. The first kappa shape index (κ1) is 15.5. The molecule has 6 heteroatoms. The van der Waals surface area contributed by atoms with E-state index < -0.39 is 5.69 Å². The van der Waals surface area contributed by atoms with Crippen LogP contribution in [0.4, 0.5) is 10.2 Å². The summed E-state index contributed by atoms with van der Waals surface area (Å²) in [4.78, 5) is 29.0. The number of hydrogen-bond donors (Lipinski definition) is 1. The molecule has 0 spiro atoms. The molecule has 1 atom stereocenters. The number of aromatic amines is 1. The fourth-order valence-electron chi connectivity index (χ4n) is 3.21. The Morgan fingerprint density at radius 2 is 2.09 bits per heavy atom. The zero-order chi connectivity index (χ0) is 16.6. The molecule has 2 aromatic rings. The van der Waals surface area contributed by atoms with E-state index in [1.165, 1.54) is 22.8 Å². The summed E-state index contributed by atoms with van der Waals surface area (Å²) in [7, 11) is 0. The van der Waals surface area contributed by atoms with Crippen LogP contribution in [0.25, 0.3) is 0 Å². The van der Waals surface area contributed by atoms with Gasteiger partial charge in [0.1, 0.15) is 11.6 Å². The first-order valence-corrected chi connectivity index (χ1v) is 7.90. The van der Waals surface area contributed by atoms with Gasteiger partial charge in [-0.1, -0.05) is 13.0 Å². The summed E-state index contributed by atoms with van der Waals surface area (Å²) in [5.74, 6) is 0.221. The highest BCUT2D eigenvalue weighted by atomic mass is 19.1. The van der Waals surface area contributed by atoms with E-state index in [9.17, 15) is 14.0 Å². The molecule has 0 fully saturated rings. The van der Waals surface area contributed by atoms with Crippen LogP contribution in [0.5, 0.6) is 0 Å². The van der Waals surface area contributed by atoms with E-state index in [0.29, 0.717) is 18.9 Å². The van der Waals surface area contributed by atoms with Gasteiger partial charge in [-0.15, -0.1) is 0 Å². The van der Waals surface area contributed by atoms with Crippen molar-refractivity contribution in [3.8, 4) is 0 Å². The number of halogens is 1. The maximum atomic E-state index is 13.5. The van der Waals surface area contributed by atoms with Gasteiger partial charge in [0.2, 0.25) is 0 Å². The number of hydrogen-bond acceptors (Lipinski definition) is 3.